The summed E-state index contributed by atoms with van der Waals surface area (Å²) in [6.45, 7) is 1.94. The van der Waals surface area contributed by atoms with Gasteiger partial charge in [0.1, 0.15) is 11.4 Å². The molecule has 5 rings (SSSR count). The van der Waals surface area contributed by atoms with Crippen LogP contribution in [0.25, 0.3) is 11.0 Å². The Hall–Kier alpha value is -3.78. The van der Waals surface area contributed by atoms with Crippen LogP contribution < -0.4 is 10.3 Å². The predicted octanol–water partition coefficient (Wildman–Crippen LogP) is 5.62. The van der Waals surface area contributed by atoms with Crippen LogP contribution in [0.2, 0.25) is 0 Å². The van der Waals surface area contributed by atoms with Gasteiger partial charge < -0.3 is 9.15 Å². The van der Waals surface area contributed by atoms with Gasteiger partial charge in [-0.25, -0.2) is 9.18 Å². The molecule has 6 nitrogen and oxygen atoms in total. The molecular formula is C26H17BrFNO5. The monoisotopic (exact) mass is 521 g/mol. The Morgan fingerprint density at radius 2 is 1.82 bits per heavy atom. The van der Waals surface area contributed by atoms with Gasteiger partial charge in [-0.3, -0.25) is 14.5 Å². The van der Waals surface area contributed by atoms with E-state index in [0.29, 0.717) is 15.7 Å². The van der Waals surface area contributed by atoms with E-state index in [2.05, 4.69) is 15.9 Å². The van der Waals surface area contributed by atoms with Crippen LogP contribution in [-0.2, 0) is 4.74 Å². The van der Waals surface area contributed by atoms with Crippen molar-refractivity contribution in [1.29, 1.82) is 0 Å². The van der Waals surface area contributed by atoms with Gasteiger partial charge in [-0.1, -0.05) is 34.1 Å². The summed E-state index contributed by atoms with van der Waals surface area (Å²) in [5.41, 5.74) is 0.752. The lowest BCUT2D eigenvalue weighted by molar-refractivity contribution is 0.0526. The third-order valence-corrected chi connectivity index (χ3v) is 6.18. The molecule has 0 radical (unpaired) electrons. The number of carbonyl (C=O) groups is 2. The highest BCUT2D eigenvalue weighted by Gasteiger charge is 2.44. The molecule has 1 aliphatic rings. The van der Waals surface area contributed by atoms with Crippen molar-refractivity contribution < 1.29 is 23.1 Å². The zero-order valence-corrected chi connectivity index (χ0v) is 19.5. The minimum atomic E-state index is -1.04. The number of fused-ring (bicyclic) bond motifs is 2. The van der Waals surface area contributed by atoms with E-state index in [1.165, 1.54) is 35.2 Å². The molecule has 0 aliphatic carbocycles. The first-order valence-electron chi connectivity index (χ1n) is 10.5. The molecule has 1 amide bonds. The number of rotatable bonds is 4. The number of ether oxygens (including phenoxy) is 1. The van der Waals surface area contributed by atoms with Crippen LogP contribution >= 0.6 is 15.9 Å². The number of nitrogens with zero attached hydrogens (tertiary/aromatic N) is 1. The standard InChI is InChI=1S/C26H17BrFNO5/c1-2-33-26(32)14-7-10-16(11-8-14)29-22(17-5-3-4-6-19(17)28)21-23(30)18-13-15(27)9-12-20(18)34-24(21)25(29)31/h3-13,22H,2H2,1H3. The quantitative estimate of drug-likeness (QED) is 0.325. The highest BCUT2D eigenvalue weighted by molar-refractivity contribution is 9.10. The Balaban J connectivity index is 1.73. The highest BCUT2D eigenvalue weighted by Crippen LogP contribution is 2.42. The van der Waals surface area contributed by atoms with Crippen LogP contribution in [0.1, 0.15) is 45.0 Å². The van der Waals surface area contributed by atoms with Gasteiger partial charge in [0.2, 0.25) is 5.76 Å². The van der Waals surface area contributed by atoms with Gasteiger partial charge in [0.25, 0.3) is 5.91 Å². The van der Waals surface area contributed by atoms with Crippen molar-refractivity contribution >= 4 is 44.5 Å². The summed E-state index contributed by atoms with van der Waals surface area (Å²) >= 11 is 3.35. The first kappa shape index (κ1) is 22.0. The molecule has 8 heteroatoms. The van der Waals surface area contributed by atoms with Crippen LogP contribution in [0.5, 0.6) is 0 Å². The van der Waals surface area contributed by atoms with Gasteiger partial charge in [-0.2, -0.15) is 0 Å². The molecule has 170 valence electrons. The topological polar surface area (TPSA) is 76.8 Å². The summed E-state index contributed by atoms with van der Waals surface area (Å²) in [5, 5.41) is 0.279. The van der Waals surface area contributed by atoms with Crippen molar-refractivity contribution in [2.75, 3.05) is 11.5 Å². The van der Waals surface area contributed by atoms with Gasteiger partial charge >= 0.3 is 5.97 Å². The number of amides is 1. The molecule has 3 aromatic carbocycles. The van der Waals surface area contributed by atoms with Crippen LogP contribution in [0.3, 0.4) is 0 Å². The summed E-state index contributed by atoms with van der Waals surface area (Å²) in [5.74, 6) is -1.77. The number of carbonyl (C=O) groups excluding carboxylic acids is 2. The van der Waals surface area contributed by atoms with E-state index >= 15 is 0 Å². The fraction of sp³-hybridized carbons (Fsp3) is 0.115. The average molecular weight is 522 g/mol. The van der Waals surface area contributed by atoms with Crippen molar-refractivity contribution in [2.45, 2.75) is 13.0 Å². The molecule has 1 aliphatic heterocycles. The fourth-order valence-corrected chi connectivity index (χ4v) is 4.54. The Bertz CT molecular complexity index is 1510. The number of hydrogen-bond acceptors (Lipinski definition) is 5. The first-order valence-corrected chi connectivity index (χ1v) is 11.3. The number of benzene rings is 3. The zero-order chi connectivity index (χ0) is 24.0. The smallest absolute Gasteiger partial charge is 0.338 e. The predicted molar refractivity (Wildman–Crippen MR) is 128 cm³/mol. The minimum absolute atomic E-state index is 0.0650. The molecule has 0 spiro atoms. The molecule has 1 atom stereocenters. The van der Waals surface area contributed by atoms with E-state index in [4.69, 9.17) is 9.15 Å². The normalized spacial score (nSPS) is 15.0. The maximum Gasteiger partial charge on any atom is 0.338 e. The zero-order valence-electron chi connectivity index (χ0n) is 17.9. The van der Waals surface area contributed by atoms with Crippen molar-refractivity contribution in [3.05, 3.63) is 110 Å². The van der Waals surface area contributed by atoms with E-state index in [0.717, 1.165) is 0 Å². The van der Waals surface area contributed by atoms with Gasteiger partial charge in [0.15, 0.2) is 5.43 Å². The second-order valence-electron chi connectivity index (χ2n) is 7.68. The maximum atomic E-state index is 15.0. The Morgan fingerprint density at radius 1 is 1.09 bits per heavy atom. The summed E-state index contributed by atoms with van der Waals surface area (Å²) in [6, 6.07) is 16.0. The van der Waals surface area contributed by atoms with Crippen LogP contribution in [0.4, 0.5) is 10.1 Å². The Kier molecular flexibility index (Phi) is 5.53. The second kappa shape index (κ2) is 8.53. The molecule has 0 saturated carbocycles. The molecule has 2 heterocycles. The van der Waals surface area contributed by atoms with Gasteiger partial charge in [0.05, 0.1) is 29.2 Å². The van der Waals surface area contributed by atoms with E-state index in [1.807, 2.05) is 0 Å². The minimum Gasteiger partial charge on any atom is -0.462 e. The van der Waals surface area contributed by atoms with E-state index < -0.39 is 29.2 Å². The summed E-state index contributed by atoms with van der Waals surface area (Å²) in [7, 11) is 0. The van der Waals surface area contributed by atoms with E-state index in [9.17, 15) is 18.8 Å². The van der Waals surface area contributed by atoms with Gasteiger partial charge in [-0.15, -0.1) is 0 Å². The number of esters is 1. The molecule has 34 heavy (non-hydrogen) atoms. The average Bonchev–Trinajstić information content (AvgIpc) is 3.12. The van der Waals surface area contributed by atoms with Crippen molar-refractivity contribution in [3.8, 4) is 0 Å². The lowest BCUT2D eigenvalue weighted by atomic mass is 9.97. The molecule has 4 aromatic rings. The van der Waals surface area contributed by atoms with Crippen LogP contribution in [0, 0.1) is 5.82 Å². The summed E-state index contributed by atoms with van der Waals surface area (Å²) in [4.78, 5) is 40.5. The van der Waals surface area contributed by atoms with Gasteiger partial charge in [0, 0.05) is 15.7 Å². The third-order valence-electron chi connectivity index (χ3n) is 5.69. The largest absolute Gasteiger partial charge is 0.462 e. The van der Waals surface area contributed by atoms with E-state index in [1.54, 1.807) is 43.3 Å². The molecule has 0 saturated heterocycles. The number of hydrogen-bond donors (Lipinski definition) is 0. The highest BCUT2D eigenvalue weighted by atomic mass is 79.9. The third kappa shape index (κ3) is 3.51. The molecular weight excluding hydrogens is 505 g/mol. The first-order chi connectivity index (χ1) is 16.4. The number of halogens is 2. The SMILES string of the molecule is CCOC(=O)c1ccc(N2C(=O)c3oc4ccc(Br)cc4c(=O)c3C2c2ccccc2F)cc1. The second-order valence-corrected chi connectivity index (χ2v) is 8.60. The van der Waals surface area contributed by atoms with E-state index in [-0.39, 0.29) is 34.5 Å². The lowest BCUT2D eigenvalue weighted by Gasteiger charge is -2.25. The fourth-order valence-electron chi connectivity index (χ4n) is 4.18. The van der Waals surface area contributed by atoms with Crippen molar-refractivity contribution in [3.63, 3.8) is 0 Å². The van der Waals surface area contributed by atoms with Crippen LogP contribution in [0.15, 0.2) is 80.4 Å². The van der Waals surface area contributed by atoms with Crippen LogP contribution in [-0.4, -0.2) is 18.5 Å². The lowest BCUT2D eigenvalue weighted by Crippen LogP contribution is -2.30. The Labute approximate surface area is 201 Å². The van der Waals surface area contributed by atoms with Crippen molar-refractivity contribution in [1.82, 2.24) is 0 Å². The van der Waals surface area contributed by atoms with Gasteiger partial charge in [-0.05, 0) is 55.5 Å². The Morgan fingerprint density at radius 3 is 2.53 bits per heavy atom. The summed E-state index contributed by atoms with van der Waals surface area (Å²) in [6.07, 6.45) is 0. The number of anilines is 1. The maximum absolute atomic E-state index is 15.0. The molecule has 0 fully saturated rings. The molecule has 1 aromatic heterocycles. The molecule has 0 N–H and O–H groups in total. The van der Waals surface area contributed by atoms with Crippen molar-refractivity contribution in [2.24, 2.45) is 0 Å². The summed E-state index contributed by atoms with van der Waals surface area (Å²) < 4.78 is 26.5. The molecule has 0 bridgehead atoms. The molecule has 1 unspecified atom stereocenters.